The van der Waals surface area contributed by atoms with E-state index < -0.39 is 0 Å². The van der Waals surface area contributed by atoms with Crippen molar-refractivity contribution in [1.29, 1.82) is 0 Å². The number of aryl methyl sites for hydroxylation is 1. The largest absolute Gasteiger partial charge is 1.00 e. The molecular formula is C33H53IN2O2. The van der Waals surface area contributed by atoms with Crippen LogP contribution in [-0.4, -0.2) is 12.5 Å². The summed E-state index contributed by atoms with van der Waals surface area (Å²) >= 11 is 0. The highest BCUT2D eigenvalue weighted by Crippen LogP contribution is 2.34. The summed E-state index contributed by atoms with van der Waals surface area (Å²) in [5.74, 6) is 0.926. The van der Waals surface area contributed by atoms with Gasteiger partial charge in [-0.1, -0.05) is 98.5 Å². The number of nitrogens with zero attached hydrogens (tertiary/aromatic N) is 1. The first-order chi connectivity index (χ1) is 17.8. The predicted octanol–water partition coefficient (Wildman–Crippen LogP) is 5.48. The molecule has 214 valence electrons. The number of pyridine rings is 1. The van der Waals surface area contributed by atoms with Crippen LogP contribution in [0, 0.1) is 0 Å². The van der Waals surface area contributed by atoms with Crippen LogP contribution in [-0.2, 0) is 12.0 Å². The Morgan fingerprint density at radius 3 is 2.13 bits per heavy atom. The van der Waals surface area contributed by atoms with Crippen molar-refractivity contribution in [2.24, 2.45) is 0 Å². The fraction of sp³-hybridized carbons (Fsp3) is 0.636. The number of hydrogen-bond donors (Lipinski definition) is 1. The Bertz CT molecular complexity index is 939. The van der Waals surface area contributed by atoms with E-state index in [1.54, 1.807) is 0 Å². The molecule has 0 fully saturated rings. The van der Waals surface area contributed by atoms with Crippen LogP contribution in [0.15, 0.2) is 42.6 Å². The zero-order valence-electron chi connectivity index (χ0n) is 25.0. The Hall–Kier alpha value is -1.63. The van der Waals surface area contributed by atoms with Gasteiger partial charge in [0.2, 0.25) is 0 Å². The highest BCUT2D eigenvalue weighted by atomic mass is 127. The molecule has 1 aromatic heterocycles. The third-order valence-corrected chi connectivity index (χ3v) is 7.05. The number of amides is 1. The van der Waals surface area contributed by atoms with Crippen LogP contribution in [0.25, 0.3) is 0 Å². The smallest absolute Gasteiger partial charge is 0.316 e. The number of halogens is 1. The first-order valence-corrected chi connectivity index (χ1v) is 14.8. The molecule has 1 aromatic carbocycles. The van der Waals surface area contributed by atoms with Gasteiger partial charge < -0.3 is 34.0 Å². The third kappa shape index (κ3) is 12.0. The molecule has 1 atom stereocenters. The van der Waals surface area contributed by atoms with Crippen molar-refractivity contribution in [2.45, 2.75) is 130 Å². The summed E-state index contributed by atoms with van der Waals surface area (Å²) in [7, 11) is 0. The normalized spacial score (nSPS) is 12.1. The summed E-state index contributed by atoms with van der Waals surface area (Å²) in [6.07, 6.45) is 16.2. The van der Waals surface area contributed by atoms with Crippen molar-refractivity contribution in [2.75, 3.05) is 6.61 Å². The minimum Gasteiger partial charge on any atom is -1.00 e. The number of unbranched alkanes of at least 4 members (excludes halogenated alkanes) is 9. The molecule has 2 aromatic rings. The third-order valence-electron chi connectivity index (χ3n) is 7.05. The van der Waals surface area contributed by atoms with Crippen LogP contribution in [0.2, 0.25) is 0 Å². The van der Waals surface area contributed by atoms with Crippen molar-refractivity contribution >= 4 is 5.91 Å². The first-order valence-electron chi connectivity index (χ1n) is 14.8. The van der Waals surface area contributed by atoms with E-state index >= 15 is 0 Å². The topological polar surface area (TPSA) is 42.2 Å². The molecule has 1 N–H and O–H groups in total. The lowest BCUT2D eigenvalue weighted by molar-refractivity contribution is -0.698. The molecule has 1 heterocycles. The summed E-state index contributed by atoms with van der Waals surface area (Å²) < 4.78 is 8.29. The van der Waals surface area contributed by atoms with Crippen LogP contribution >= 0.6 is 0 Å². The zero-order valence-corrected chi connectivity index (χ0v) is 27.1. The standard InChI is InChI=1S/C33H52N2O2.HI/c1-7-9-10-11-12-13-14-15-16-19-25-37-31-22-21-28(26-29(31)33(4,5)6)27(3)34-32(36)30-20-17-18-24-35(30)23-8-2;/h17-18,20-22,24,26-27H,7-16,19,23,25H2,1-6H3;1H. The van der Waals surface area contributed by atoms with Gasteiger partial charge in [0.1, 0.15) is 12.3 Å². The molecule has 38 heavy (non-hydrogen) atoms. The highest BCUT2D eigenvalue weighted by molar-refractivity contribution is 5.91. The molecule has 1 amide bonds. The second-order valence-electron chi connectivity index (χ2n) is 11.5. The Morgan fingerprint density at radius 2 is 1.53 bits per heavy atom. The van der Waals surface area contributed by atoms with E-state index in [1.807, 2.05) is 29.0 Å². The van der Waals surface area contributed by atoms with Crippen molar-refractivity contribution in [3.05, 3.63) is 59.4 Å². The molecule has 0 spiro atoms. The first kappa shape index (κ1) is 34.4. The molecule has 0 saturated heterocycles. The Balaban J connectivity index is 0.00000722. The van der Waals surface area contributed by atoms with Gasteiger partial charge in [-0.05, 0) is 48.1 Å². The summed E-state index contributed by atoms with van der Waals surface area (Å²) in [6, 6.07) is 12.1. The Morgan fingerprint density at radius 1 is 0.895 bits per heavy atom. The van der Waals surface area contributed by atoms with Crippen LogP contribution in [0.5, 0.6) is 5.75 Å². The molecule has 0 aliphatic carbocycles. The summed E-state index contributed by atoms with van der Waals surface area (Å²) in [5.41, 5.74) is 2.95. The number of aromatic nitrogens is 1. The minimum absolute atomic E-state index is 0. The van der Waals surface area contributed by atoms with Gasteiger partial charge in [0, 0.05) is 18.6 Å². The van der Waals surface area contributed by atoms with E-state index in [2.05, 4.69) is 65.1 Å². The summed E-state index contributed by atoms with van der Waals surface area (Å²) in [5, 5.41) is 3.20. The lowest BCUT2D eigenvalue weighted by atomic mass is 9.84. The van der Waals surface area contributed by atoms with E-state index in [4.69, 9.17) is 4.74 Å². The van der Waals surface area contributed by atoms with Gasteiger partial charge >= 0.3 is 5.91 Å². The average molecular weight is 637 g/mol. The Kier molecular flexibility index (Phi) is 16.9. The van der Waals surface area contributed by atoms with Gasteiger partial charge in [0.15, 0.2) is 6.20 Å². The van der Waals surface area contributed by atoms with Gasteiger partial charge in [-0.2, -0.15) is 4.57 Å². The van der Waals surface area contributed by atoms with E-state index in [1.165, 1.54) is 63.4 Å². The van der Waals surface area contributed by atoms with E-state index in [9.17, 15) is 4.79 Å². The number of carbonyl (C=O) groups is 1. The molecule has 0 aliphatic rings. The lowest BCUT2D eigenvalue weighted by Crippen LogP contribution is -3.00. The van der Waals surface area contributed by atoms with Crippen molar-refractivity contribution in [3.63, 3.8) is 0 Å². The van der Waals surface area contributed by atoms with Crippen LogP contribution in [0.1, 0.15) is 140 Å². The zero-order chi connectivity index (χ0) is 27.1. The molecule has 0 aliphatic heterocycles. The fourth-order valence-electron chi connectivity index (χ4n) is 4.77. The second-order valence-corrected chi connectivity index (χ2v) is 11.5. The average Bonchev–Trinajstić information content (AvgIpc) is 2.87. The fourth-order valence-corrected chi connectivity index (χ4v) is 4.77. The maximum atomic E-state index is 13.0. The van der Waals surface area contributed by atoms with Gasteiger partial charge in [0.05, 0.1) is 12.6 Å². The van der Waals surface area contributed by atoms with Gasteiger partial charge in [-0.3, -0.25) is 4.79 Å². The van der Waals surface area contributed by atoms with Gasteiger partial charge in [0.25, 0.3) is 5.69 Å². The molecule has 4 nitrogen and oxygen atoms in total. The molecule has 1 unspecified atom stereocenters. The molecule has 0 saturated carbocycles. The maximum Gasteiger partial charge on any atom is 0.316 e. The monoisotopic (exact) mass is 636 g/mol. The summed E-state index contributed by atoms with van der Waals surface area (Å²) in [4.78, 5) is 13.0. The van der Waals surface area contributed by atoms with Crippen LogP contribution in [0.4, 0.5) is 0 Å². The van der Waals surface area contributed by atoms with Crippen LogP contribution < -0.4 is 38.6 Å². The van der Waals surface area contributed by atoms with E-state index in [0.717, 1.165) is 37.3 Å². The number of ether oxygens (including phenoxy) is 1. The number of rotatable bonds is 17. The number of hydrogen-bond acceptors (Lipinski definition) is 2. The maximum absolute atomic E-state index is 13.0. The number of nitrogens with one attached hydrogen (secondary N) is 1. The van der Waals surface area contributed by atoms with E-state index in [0.29, 0.717) is 5.69 Å². The lowest BCUT2D eigenvalue weighted by Gasteiger charge is -2.25. The second kappa shape index (κ2) is 18.6. The minimum atomic E-state index is -0.0973. The SMILES string of the molecule is CCCCCCCCCCCCOc1ccc(C(C)NC(=O)c2cccc[n+]2CCC)cc1C(C)(C)C.[I-]. The molecule has 2 rings (SSSR count). The molecule has 0 radical (unpaired) electrons. The Labute approximate surface area is 250 Å². The van der Waals surface area contributed by atoms with Gasteiger partial charge in [-0.15, -0.1) is 0 Å². The van der Waals surface area contributed by atoms with Crippen LogP contribution in [0.3, 0.4) is 0 Å². The van der Waals surface area contributed by atoms with Crippen molar-refractivity contribution in [1.82, 2.24) is 5.32 Å². The van der Waals surface area contributed by atoms with Gasteiger partial charge in [-0.25, -0.2) is 0 Å². The predicted molar refractivity (Wildman–Crippen MR) is 155 cm³/mol. The molecule has 0 bridgehead atoms. The highest BCUT2D eigenvalue weighted by Gasteiger charge is 2.23. The number of carbonyl (C=O) groups excluding carboxylic acids is 1. The quantitative estimate of drug-likeness (QED) is 0.142. The van der Waals surface area contributed by atoms with Crippen molar-refractivity contribution < 1.29 is 38.1 Å². The van der Waals surface area contributed by atoms with Crippen molar-refractivity contribution in [3.8, 4) is 5.75 Å². The molecular weight excluding hydrogens is 583 g/mol. The molecule has 5 heteroatoms. The number of benzene rings is 1. The summed E-state index contributed by atoms with van der Waals surface area (Å²) in [6.45, 7) is 14.7. The van der Waals surface area contributed by atoms with E-state index in [-0.39, 0.29) is 41.3 Å².